The average molecular weight is 205 g/mol. The zero-order chi connectivity index (χ0) is 11.4. The first kappa shape index (κ1) is 10.6. The van der Waals surface area contributed by atoms with Gasteiger partial charge in [-0.05, 0) is 24.1 Å². The van der Waals surface area contributed by atoms with Gasteiger partial charge in [0.1, 0.15) is 11.3 Å². The van der Waals surface area contributed by atoms with Crippen molar-refractivity contribution >= 4 is 17.6 Å². The summed E-state index contributed by atoms with van der Waals surface area (Å²) in [6, 6.07) is 3.62. The lowest BCUT2D eigenvalue weighted by molar-refractivity contribution is -0.111. The second-order valence-electron chi connectivity index (χ2n) is 2.64. The van der Waals surface area contributed by atoms with Crippen LogP contribution in [0.3, 0.4) is 0 Å². The number of carboxylic acid groups (broad SMARTS) is 1. The molecule has 0 bridgehead atoms. The summed E-state index contributed by atoms with van der Waals surface area (Å²) >= 11 is 0. The van der Waals surface area contributed by atoms with Gasteiger partial charge < -0.3 is 15.5 Å². The van der Waals surface area contributed by atoms with Gasteiger partial charge in [-0.3, -0.25) is 4.79 Å². The lowest BCUT2D eigenvalue weighted by atomic mass is 10.2. The Labute approximate surface area is 85.4 Å². The second-order valence-corrected chi connectivity index (χ2v) is 2.64. The minimum absolute atomic E-state index is 0.216. The first-order valence-electron chi connectivity index (χ1n) is 3.88. The van der Waals surface area contributed by atoms with E-state index in [1.54, 1.807) is 0 Å². The molecule has 0 aromatic heterocycles. The highest BCUT2D eigenvalue weighted by Crippen LogP contribution is 2.21. The van der Waals surface area contributed by atoms with Crippen LogP contribution in [0.2, 0.25) is 0 Å². The number of carbonyl (C=O) groups is 2. The maximum absolute atomic E-state index is 10.8. The summed E-state index contributed by atoms with van der Waals surface area (Å²) in [6.45, 7) is 0. The molecule has 1 rings (SSSR count). The number of rotatable bonds is 2. The molecule has 1 aromatic carbocycles. The van der Waals surface area contributed by atoms with Crippen molar-refractivity contribution in [3.63, 3.8) is 0 Å². The van der Waals surface area contributed by atoms with Crippen LogP contribution in [-0.2, 0) is 4.79 Å². The van der Waals surface area contributed by atoms with Gasteiger partial charge in [-0.25, -0.2) is 4.79 Å². The van der Waals surface area contributed by atoms with Gasteiger partial charge in [0.2, 0.25) is 0 Å². The van der Waals surface area contributed by atoms with Crippen molar-refractivity contribution in [2.75, 3.05) is 5.32 Å². The van der Waals surface area contributed by atoms with Gasteiger partial charge in [-0.1, -0.05) is 0 Å². The van der Waals surface area contributed by atoms with E-state index in [1.807, 2.05) is 5.92 Å². The van der Waals surface area contributed by atoms with E-state index in [9.17, 15) is 9.59 Å². The van der Waals surface area contributed by atoms with Crippen molar-refractivity contribution in [2.24, 2.45) is 0 Å². The third kappa shape index (κ3) is 2.48. The quantitative estimate of drug-likeness (QED) is 0.489. The molecule has 0 aliphatic carbocycles. The monoisotopic (exact) mass is 205 g/mol. The maximum Gasteiger partial charge on any atom is 0.339 e. The number of carboxylic acids is 1. The topological polar surface area (TPSA) is 86.6 Å². The number of amides is 1. The van der Waals surface area contributed by atoms with Crippen molar-refractivity contribution in [1.29, 1.82) is 0 Å². The summed E-state index contributed by atoms with van der Waals surface area (Å²) in [7, 11) is 0. The molecule has 0 radical (unpaired) electrons. The number of aromatic carboxylic acids is 1. The van der Waals surface area contributed by atoms with Crippen LogP contribution >= 0.6 is 0 Å². The zero-order valence-corrected chi connectivity index (χ0v) is 7.52. The minimum atomic E-state index is -1.29. The predicted octanol–water partition coefficient (Wildman–Crippen LogP) is 0.662. The van der Waals surface area contributed by atoms with E-state index < -0.39 is 11.9 Å². The van der Waals surface area contributed by atoms with Crippen LogP contribution < -0.4 is 5.32 Å². The van der Waals surface area contributed by atoms with Crippen molar-refractivity contribution in [1.82, 2.24) is 0 Å². The Balaban J connectivity index is 3.04. The molecule has 0 atom stereocenters. The van der Waals surface area contributed by atoms with Gasteiger partial charge in [0.15, 0.2) is 0 Å². The summed E-state index contributed by atoms with van der Waals surface area (Å²) in [4.78, 5) is 21.4. The van der Waals surface area contributed by atoms with E-state index in [0.29, 0.717) is 0 Å². The third-order valence-corrected chi connectivity index (χ3v) is 1.62. The Hall–Kier alpha value is -2.48. The van der Waals surface area contributed by atoms with Gasteiger partial charge in [-0.15, -0.1) is 6.42 Å². The summed E-state index contributed by atoms with van der Waals surface area (Å²) in [5, 5.41) is 20.1. The largest absolute Gasteiger partial charge is 0.507 e. The van der Waals surface area contributed by atoms with Crippen molar-refractivity contribution in [3.05, 3.63) is 23.8 Å². The van der Waals surface area contributed by atoms with Gasteiger partial charge in [0, 0.05) is 5.69 Å². The Morgan fingerprint density at radius 2 is 2.07 bits per heavy atom. The molecule has 15 heavy (non-hydrogen) atoms. The molecule has 0 spiro atoms. The fourth-order valence-electron chi connectivity index (χ4n) is 0.952. The molecule has 76 valence electrons. The average Bonchev–Trinajstić information content (AvgIpc) is 2.20. The van der Waals surface area contributed by atoms with Gasteiger partial charge >= 0.3 is 5.97 Å². The molecule has 0 aliphatic rings. The summed E-state index contributed by atoms with van der Waals surface area (Å²) in [5.74, 6) is -0.528. The number of hydrogen-bond donors (Lipinski definition) is 3. The Morgan fingerprint density at radius 3 is 2.60 bits per heavy atom. The fraction of sp³-hybridized carbons (Fsp3) is 0. The van der Waals surface area contributed by atoms with Crippen LogP contribution in [0.25, 0.3) is 0 Å². The van der Waals surface area contributed by atoms with E-state index >= 15 is 0 Å². The number of anilines is 1. The number of benzene rings is 1. The molecule has 0 aliphatic heterocycles. The minimum Gasteiger partial charge on any atom is -0.507 e. The molecule has 5 heteroatoms. The molecule has 0 saturated heterocycles. The number of phenols is 1. The second kappa shape index (κ2) is 4.15. The van der Waals surface area contributed by atoms with Crippen LogP contribution in [-0.4, -0.2) is 22.1 Å². The van der Waals surface area contributed by atoms with Crippen LogP contribution in [0.4, 0.5) is 5.69 Å². The Kier molecular flexibility index (Phi) is 2.94. The number of terminal acetylenes is 1. The molecule has 0 saturated carbocycles. The number of aromatic hydroxyl groups is 1. The zero-order valence-electron chi connectivity index (χ0n) is 7.52. The molecule has 0 unspecified atom stereocenters. The number of hydrogen-bond acceptors (Lipinski definition) is 3. The predicted molar refractivity (Wildman–Crippen MR) is 52.5 cm³/mol. The lowest BCUT2D eigenvalue weighted by Gasteiger charge is -2.04. The SMILES string of the molecule is C#CC(=O)Nc1ccc(O)c(C(=O)O)c1. The molecule has 0 fully saturated rings. The molecule has 5 nitrogen and oxygen atoms in total. The summed E-state index contributed by atoms with van der Waals surface area (Å²) < 4.78 is 0. The van der Waals surface area contributed by atoms with Gasteiger partial charge in [0.05, 0.1) is 0 Å². The van der Waals surface area contributed by atoms with E-state index in [0.717, 1.165) is 12.1 Å². The normalized spacial score (nSPS) is 9.00. The first-order valence-corrected chi connectivity index (χ1v) is 3.88. The molecule has 3 N–H and O–H groups in total. The first-order chi connectivity index (χ1) is 7.04. The standard InChI is InChI=1S/C10H7NO4/c1-2-9(13)11-6-3-4-8(12)7(5-6)10(14)15/h1,3-5,12H,(H,11,13)(H,14,15). The smallest absolute Gasteiger partial charge is 0.339 e. The van der Waals surface area contributed by atoms with Crippen LogP contribution in [0, 0.1) is 12.3 Å². The number of carbonyl (C=O) groups excluding carboxylic acids is 1. The van der Waals surface area contributed by atoms with Crippen molar-refractivity contribution < 1.29 is 19.8 Å². The summed E-state index contributed by atoms with van der Waals surface area (Å²) in [6.07, 6.45) is 4.82. The lowest BCUT2D eigenvalue weighted by Crippen LogP contribution is -2.09. The highest BCUT2D eigenvalue weighted by molar-refractivity contribution is 6.04. The maximum atomic E-state index is 10.8. The highest BCUT2D eigenvalue weighted by atomic mass is 16.4. The van der Waals surface area contributed by atoms with E-state index in [-0.39, 0.29) is 17.0 Å². The van der Waals surface area contributed by atoms with Crippen molar-refractivity contribution in [2.45, 2.75) is 0 Å². The number of nitrogens with one attached hydrogen (secondary N) is 1. The fourth-order valence-corrected chi connectivity index (χ4v) is 0.952. The Morgan fingerprint density at radius 1 is 1.40 bits per heavy atom. The van der Waals surface area contributed by atoms with E-state index in [1.165, 1.54) is 6.07 Å². The van der Waals surface area contributed by atoms with Gasteiger partial charge in [-0.2, -0.15) is 0 Å². The van der Waals surface area contributed by atoms with Gasteiger partial charge in [0.25, 0.3) is 5.91 Å². The van der Waals surface area contributed by atoms with Crippen LogP contribution in [0.15, 0.2) is 18.2 Å². The van der Waals surface area contributed by atoms with Crippen LogP contribution in [0.5, 0.6) is 5.75 Å². The molecule has 1 aromatic rings. The van der Waals surface area contributed by atoms with Crippen molar-refractivity contribution in [3.8, 4) is 18.1 Å². The molecule has 1 amide bonds. The van der Waals surface area contributed by atoms with E-state index in [4.69, 9.17) is 16.6 Å². The highest BCUT2D eigenvalue weighted by Gasteiger charge is 2.10. The molecular formula is C10H7NO4. The third-order valence-electron chi connectivity index (χ3n) is 1.62. The molecule has 0 heterocycles. The molecular weight excluding hydrogens is 198 g/mol. The van der Waals surface area contributed by atoms with E-state index in [2.05, 4.69) is 5.32 Å². The Bertz CT molecular complexity index is 459. The summed E-state index contributed by atoms with van der Waals surface area (Å²) in [5.41, 5.74) is -0.0852. The van der Waals surface area contributed by atoms with Crippen LogP contribution in [0.1, 0.15) is 10.4 Å².